The molecule has 2 heterocycles. The molecule has 0 aromatic heterocycles. The lowest BCUT2D eigenvalue weighted by molar-refractivity contribution is -0.137. The van der Waals surface area contributed by atoms with E-state index in [9.17, 15) is 27.2 Å². The summed E-state index contributed by atoms with van der Waals surface area (Å²) in [4.78, 5) is 26.8. The lowest BCUT2D eigenvalue weighted by Gasteiger charge is -2.30. The van der Waals surface area contributed by atoms with Crippen molar-refractivity contribution < 1.29 is 31.9 Å². The van der Waals surface area contributed by atoms with Gasteiger partial charge >= 0.3 is 6.18 Å². The maximum absolute atomic E-state index is 13.8. The second-order valence-electron chi connectivity index (χ2n) is 7.91. The molecule has 0 spiro atoms. The lowest BCUT2D eigenvalue weighted by atomic mass is 10.1. The Kier molecular flexibility index (Phi) is 6.82. The number of hydrazone groups is 1. The van der Waals surface area contributed by atoms with Crippen molar-refractivity contribution in [2.45, 2.75) is 25.6 Å². The molecule has 0 saturated carbocycles. The van der Waals surface area contributed by atoms with Gasteiger partial charge in [0.2, 0.25) is 5.91 Å². The Hall–Kier alpha value is -3.47. The molecule has 0 aliphatic carbocycles. The third-order valence-corrected chi connectivity index (χ3v) is 5.55. The van der Waals surface area contributed by atoms with Crippen LogP contribution >= 0.6 is 0 Å². The summed E-state index contributed by atoms with van der Waals surface area (Å²) in [5.74, 6) is -1.59. The maximum atomic E-state index is 13.8. The molecule has 0 atom stereocenters. The molecule has 2 aliphatic heterocycles. The smallest absolute Gasteiger partial charge is 0.378 e. The van der Waals surface area contributed by atoms with Crippen LogP contribution in [-0.4, -0.2) is 48.8 Å². The minimum absolute atomic E-state index is 0.00219. The highest BCUT2D eigenvalue weighted by Crippen LogP contribution is 2.37. The third-order valence-electron chi connectivity index (χ3n) is 5.55. The van der Waals surface area contributed by atoms with E-state index in [1.807, 2.05) is 0 Å². The van der Waals surface area contributed by atoms with Crippen molar-refractivity contribution in [1.29, 1.82) is 0 Å². The largest absolute Gasteiger partial charge is 0.418 e. The molecule has 1 fully saturated rings. The molecular formula is C23H22F4N4O3. The van der Waals surface area contributed by atoms with Crippen LogP contribution in [0.25, 0.3) is 0 Å². The van der Waals surface area contributed by atoms with Crippen LogP contribution in [0.15, 0.2) is 47.6 Å². The highest BCUT2D eigenvalue weighted by Gasteiger charge is 2.35. The summed E-state index contributed by atoms with van der Waals surface area (Å²) in [6, 6.07) is 9.18. The van der Waals surface area contributed by atoms with Gasteiger partial charge in [-0.15, -0.1) is 0 Å². The standard InChI is InChI=1S/C23H22F4N4O3/c24-16-3-1-15(2-4-16)14-31-21(32)8-7-20(29-31)22(33)28-19-6-5-17(13-18(19)23(25,26)27)30-9-11-34-12-10-30/h1-6,13H,7-12,14H2,(H,28,33). The van der Waals surface area contributed by atoms with E-state index in [1.165, 1.54) is 36.4 Å². The maximum Gasteiger partial charge on any atom is 0.418 e. The second-order valence-corrected chi connectivity index (χ2v) is 7.91. The Balaban J connectivity index is 1.53. The highest BCUT2D eigenvalue weighted by molar-refractivity contribution is 6.43. The number of morpholine rings is 1. The summed E-state index contributed by atoms with van der Waals surface area (Å²) in [6.07, 6.45) is -4.71. The molecule has 0 bridgehead atoms. The van der Waals surface area contributed by atoms with E-state index in [2.05, 4.69) is 10.4 Å². The fourth-order valence-corrected chi connectivity index (χ4v) is 3.74. The minimum atomic E-state index is -4.69. The number of hydrogen-bond donors (Lipinski definition) is 1. The van der Waals surface area contributed by atoms with Crippen LogP contribution in [0.2, 0.25) is 0 Å². The SMILES string of the molecule is O=C(Nc1ccc(N2CCOCC2)cc1C(F)(F)F)C1=NN(Cc2ccc(F)cc2)C(=O)CC1. The predicted molar refractivity (Wildman–Crippen MR) is 117 cm³/mol. The number of carbonyl (C=O) groups excluding carboxylic acids is 2. The van der Waals surface area contributed by atoms with Crippen LogP contribution in [0.1, 0.15) is 24.0 Å². The van der Waals surface area contributed by atoms with E-state index in [0.29, 0.717) is 37.6 Å². The molecule has 34 heavy (non-hydrogen) atoms. The van der Waals surface area contributed by atoms with Gasteiger partial charge in [-0.2, -0.15) is 18.3 Å². The van der Waals surface area contributed by atoms with Crippen LogP contribution in [0, 0.1) is 5.82 Å². The van der Waals surface area contributed by atoms with Crippen LogP contribution in [0.3, 0.4) is 0 Å². The summed E-state index contributed by atoms with van der Waals surface area (Å²) in [5, 5.41) is 7.42. The zero-order chi connectivity index (χ0) is 24.3. The van der Waals surface area contributed by atoms with Crippen LogP contribution in [0.4, 0.5) is 28.9 Å². The van der Waals surface area contributed by atoms with Crippen molar-refractivity contribution in [2.24, 2.45) is 5.10 Å². The summed E-state index contributed by atoms with van der Waals surface area (Å²) in [6.45, 7) is 1.80. The van der Waals surface area contributed by atoms with E-state index in [1.54, 1.807) is 4.90 Å². The number of alkyl halides is 3. The Bertz CT molecular complexity index is 1100. The Labute approximate surface area is 193 Å². The van der Waals surface area contributed by atoms with Crippen molar-refractivity contribution >= 4 is 28.9 Å². The topological polar surface area (TPSA) is 74.2 Å². The first kappa shape index (κ1) is 23.7. The fraction of sp³-hybridized carbons (Fsp3) is 0.348. The van der Waals surface area contributed by atoms with E-state index in [4.69, 9.17) is 4.74 Å². The molecule has 11 heteroatoms. The van der Waals surface area contributed by atoms with Crippen LogP contribution in [0.5, 0.6) is 0 Å². The first-order valence-electron chi connectivity index (χ1n) is 10.7. The summed E-state index contributed by atoms with van der Waals surface area (Å²) in [7, 11) is 0. The van der Waals surface area contributed by atoms with Crippen LogP contribution < -0.4 is 10.2 Å². The number of nitrogens with one attached hydrogen (secondary N) is 1. The monoisotopic (exact) mass is 478 g/mol. The molecule has 1 saturated heterocycles. The highest BCUT2D eigenvalue weighted by atomic mass is 19.4. The molecular weight excluding hydrogens is 456 g/mol. The molecule has 2 aromatic rings. The zero-order valence-electron chi connectivity index (χ0n) is 18.1. The molecule has 7 nitrogen and oxygen atoms in total. The van der Waals surface area contributed by atoms with E-state index >= 15 is 0 Å². The van der Waals surface area contributed by atoms with Gasteiger partial charge in [-0.05, 0) is 35.9 Å². The molecule has 0 unspecified atom stereocenters. The van der Waals surface area contributed by atoms with Crippen LogP contribution in [-0.2, 0) is 27.0 Å². The van der Waals surface area contributed by atoms with Gasteiger partial charge in [0.05, 0.1) is 31.0 Å². The molecule has 1 N–H and O–H groups in total. The number of amides is 2. The summed E-state index contributed by atoms with van der Waals surface area (Å²) >= 11 is 0. The van der Waals surface area contributed by atoms with Crippen molar-refractivity contribution in [3.8, 4) is 0 Å². The summed E-state index contributed by atoms with van der Waals surface area (Å²) in [5.41, 5.74) is -0.440. The van der Waals surface area contributed by atoms with Crippen molar-refractivity contribution in [2.75, 3.05) is 36.5 Å². The molecule has 4 rings (SSSR count). The quantitative estimate of drug-likeness (QED) is 0.664. The minimum Gasteiger partial charge on any atom is -0.378 e. The van der Waals surface area contributed by atoms with Gasteiger partial charge < -0.3 is 15.0 Å². The van der Waals surface area contributed by atoms with Gasteiger partial charge in [0.15, 0.2) is 0 Å². The fourth-order valence-electron chi connectivity index (χ4n) is 3.74. The molecule has 2 aromatic carbocycles. The lowest BCUT2D eigenvalue weighted by Crippen LogP contribution is -2.37. The number of nitrogens with zero attached hydrogens (tertiary/aromatic N) is 3. The normalized spacial score (nSPS) is 16.9. The number of rotatable bonds is 5. The number of anilines is 2. The average molecular weight is 478 g/mol. The van der Waals surface area contributed by atoms with E-state index < -0.39 is 23.5 Å². The van der Waals surface area contributed by atoms with Crippen molar-refractivity contribution in [1.82, 2.24) is 5.01 Å². The second kappa shape index (κ2) is 9.80. The zero-order valence-corrected chi connectivity index (χ0v) is 18.1. The predicted octanol–water partition coefficient (Wildman–Crippen LogP) is 3.80. The number of ether oxygens (including phenoxy) is 1. The van der Waals surface area contributed by atoms with Crippen molar-refractivity contribution in [3.63, 3.8) is 0 Å². The third kappa shape index (κ3) is 5.53. The van der Waals surface area contributed by atoms with Gasteiger partial charge in [0.1, 0.15) is 11.5 Å². The number of halogens is 4. The first-order chi connectivity index (χ1) is 16.2. The van der Waals surface area contributed by atoms with Crippen molar-refractivity contribution in [3.05, 3.63) is 59.4 Å². The van der Waals surface area contributed by atoms with E-state index in [-0.39, 0.29) is 36.7 Å². The molecule has 180 valence electrons. The number of carbonyl (C=O) groups is 2. The average Bonchev–Trinajstić information content (AvgIpc) is 2.82. The molecule has 0 radical (unpaired) electrons. The van der Waals surface area contributed by atoms with E-state index in [0.717, 1.165) is 11.1 Å². The van der Waals surface area contributed by atoms with Gasteiger partial charge in [-0.3, -0.25) is 9.59 Å². The summed E-state index contributed by atoms with van der Waals surface area (Å²) < 4.78 is 59.7. The Morgan fingerprint density at radius 3 is 2.44 bits per heavy atom. The molecule has 2 aliphatic rings. The van der Waals surface area contributed by atoms with Gasteiger partial charge in [-0.25, -0.2) is 9.40 Å². The Morgan fingerprint density at radius 1 is 1.06 bits per heavy atom. The van der Waals surface area contributed by atoms with Gasteiger partial charge in [-0.1, -0.05) is 12.1 Å². The Morgan fingerprint density at radius 2 is 1.76 bits per heavy atom. The first-order valence-corrected chi connectivity index (χ1v) is 10.7. The molecule has 2 amide bonds. The van der Waals surface area contributed by atoms with Gasteiger partial charge in [0.25, 0.3) is 5.91 Å². The number of hydrogen-bond acceptors (Lipinski definition) is 5. The van der Waals surface area contributed by atoms with Gasteiger partial charge in [0, 0.05) is 31.6 Å². The number of benzene rings is 2.